The lowest BCUT2D eigenvalue weighted by Crippen LogP contribution is -2.44. The lowest BCUT2D eigenvalue weighted by atomic mass is 9.97. The van der Waals surface area contributed by atoms with Crippen LogP contribution in [0, 0.1) is 11.3 Å². The summed E-state index contributed by atoms with van der Waals surface area (Å²) in [5, 5.41) is 2.79. The van der Waals surface area contributed by atoms with Crippen LogP contribution in [-0.2, 0) is 41.2 Å². The highest BCUT2D eigenvalue weighted by Crippen LogP contribution is 2.58. The van der Waals surface area contributed by atoms with Crippen LogP contribution in [-0.4, -0.2) is 41.6 Å². The van der Waals surface area contributed by atoms with Crippen LogP contribution in [0.4, 0.5) is 0 Å². The van der Waals surface area contributed by atoms with Crippen molar-refractivity contribution in [2.24, 2.45) is 17.1 Å². The van der Waals surface area contributed by atoms with E-state index >= 15 is 0 Å². The second-order valence-corrected chi connectivity index (χ2v) is 17.0. The highest BCUT2D eigenvalue weighted by atomic mass is 32.2. The van der Waals surface area contributed by atoms with Gasteiger partial charge in [0, 0.05) is 17.3 Å². The number of nitrogens with one attached hydrogen (secondary N) is 1. The van der Waals surface area contributed by atoms with Crippen molar-refractivity contribution in [3.8, 4) is 11.1 Å². The number of carbonyl (C=O) groups excluding carboxylic acids is 3. The van der Waals surface area contributed by atoms with E-state index in [0.29, 0.717) is 5.56 Å². The lowest BCUT2D eigenvalue weighted by molar-refractivity contribution is -0.148. The lowest BCUT2D eigenvalue weighted by Gasteiger charge is -2.29. The molecule has 0 saturated heterocycles. The standard InChI is InChI=1S/C40H47N2O6PS/c1-29(38(44)47-27-31-14-8-5-9-15-31)42-37(43)35(26-30-20-22-33(23-21-30)32-16-10-6-11-17-32)28-49(46,36(41)34-18-12-7-13-19-34)48-24-25-50-39(45)40(2,3)4/h5-23,29,35-36H,24-28,41H2,1-4H3,(H,42,43). The van der Waals surface area contributed by atoms with Crippen LogP contribution < -0.4 is 11.1 Å². The highest BCUT2D eigenvalue weighted by molar-refractivity contribution is 8.13. The molecule has 4 atom stereocenters. The Morgan fingerprint density at radius 2 is 1.36 bits per heavy atom. The van der Waals surface area contributed by atoms with E-state index in [2.05, 4.69) is 5.32 Å². The number of thioether (sulfide) groups is 1. The third-order valence-electron chi connectivity index (χ3n) is 8.13. The number of carbonyl (C=O) groups is 3. The van der Waals surface area contributed by atoms with E-state index in [0.717, 1.165) is 34.0 Å². The average Bonchev–Trinajstić information content (AvgIpc) is 3.12. The Morgan fingerprint density at radius 3 is 1.96 bits per heavy atom. The van der Waals surface area contributed by atoms with Crippen LogP contribution in [0.1, 0.15) is 50.2 Å². The SMILES string of the molecule is CC(NC(=O)C(Cc1ccc(-c2ccccc2)cc1)CP(=O)(OCCSC(=O)C(C)(C)C)C(N)c1ccccc1)C(=O)OCc1ccccc1. The van der Waals surface area contributed by atoms with Crippen LogP contribution in [0.15, 0.2) is 115 Å². The number of ether oxygens (including phenoxy) is 1. The van der Waals surface area contributed by atoms with Crippen LogP contribution in [0.3, 0.4) is 0 Å². The van der Waals surface area contributed by atoms with E-state index in [4.69, 9.17) is 15.0 Å². The molecule has 4 rings (SSSR count). The summed E-state index contributed by atoms with van der Waals surface area (Å²) in [6.45, 7) is 7.16. The molecule has 0 fully saturated rings. The third kappa shape index (κ3) is 11.5. The number of nitrogens with two attached hydrogens (primary N) is 1. The van der Waals surface area contributed by atoms with Gasteiger partial charge in [-0.05, 0) is 41.2 Å². The van der Waals surface area contributed by atoms with Gasteiger partial charge in [0.15, 0.2) is 5.12 Å². The molecule has 8 nitrogen and oxygen atoms in total. The molecule has 0 bridgehead atoms. The molecule has 0 aliphatic heterocycles. The van der Waals surface area contributed by atoms with E-state index in [1.165, 1.54) is 0 Å². The summed E-state index contributed by atoms with van der Waals surface area (Å²) >= 11 is 1.12. The Morgan fingerprint density at radius 1 is 0.800 bits per heavy atom. The van der Waals surface area contributed by atoms with Gasteiger partial charge >= 0.3 is 5.97 Å². The van der Waals surface area contributed by atoms with Crippen LogP contribution in [0.25, 0.3) is 11.1 Å². The fourth-order valence-corrected chi connectivity index (χ4v) is 8.54. The molecule has 264 valence electrons. The molecule has 0 aliphatic rings. The van der Waals surface area contributed by atoms with Crippen molar-refractivity contribution in [2.45, 2.75) is 52.5 Å². The minimum Gasteiger partial charge on any atom is -0.459 e. The predicted molar refractivity (Wildman–Crippen MR) is 202 cm³/mol. The first-order valence-electron chi connectivity index (χ1n) is 16.7. The smallest absolute Gasteiger partial charge is 0.328 e. The Hall–Kier alpha value is -4.01. The predicted octanol–water partition coefficient (Wildman–Crippen LogP) is 8.02. The van der Waals surface area contributed by atoms with Gasteiger partial charge in [0.05, 0.1) is 12.5 Å². The summed E-state index contributed by atoms with van der Waals surface area (Å²) < 4.78 is 26.5. The van der Waals surface area contributed by atoms with Crippen molar-refractivity contribution >= 4 is 36.1 Å². The molecule has 0 aromatic heterocycles. The second-order valence-electron chi connectivity index (χ2n) is 13.3. The topological polar surface area (TPSA) is 125 Å². The molecule has 4 unspecified atom stereocenters. The number of esters is 1. The first kappa shape index (κ1) is 38.8. The van der Waals surface area contributed by atoms with Gasteiger partial charge in [0.1, 0.15) is 18.4 Å². The molecular formula is C40H47N2O6PS. The van der Waals surface area contributed by atoms with Crippen LogP contribution >= 0.6 is 19.1 Å². The maximum atomic E-state index is 14.9. The number of benzene rings is 4. The summed E-state index contributed by atoms with van der Waals surface area (Å²) in [5.41, 5.74) is 10.5. The van der Waals surface area contributed by atoms with E-state index in [9.17, 15) is 18.9 Å². The molecule has 50 heavy (non-hydrogen) atoms. The maximum Gasteiger partial charge on any atom is 0.328 e. The van der Waals surface area contributed by atoms with E-state index in [1.807, 2.05) is 112 Å². The summed E-state index contributed by atoms with van der Waals surface area (Å²) in [4.78, 5) is 39.5. The minimum absolute atomic E-state index is 0.00657. The first-order valence-corrected chi connectivity index (χ1v) is 19.6. The van der Waals surface area contributed by atoms with E-state index in [-0.39, 0.29) is 36.7 Å². The summed E-state index contributed by atoms with van der Waals surface area (Å²) in [7, 11) is -3.78. The normalized spacial score (nSPS) is 14.5. The van der Waals surface area contributed by atoms with Crippen LogP contribution in [0.5, 0.6) is 0 Å². The Bertz CT molecular complexity index is 1730. The quantitative estimate of drug-likeness (QED) is 0.0680. The first-order chi connectivity index (χ1) is 23.9. The molecule has 0 heterocycles. The number of rotatable bonds is 16. The maximum absolute atomic E-state index is 14.9. The van der Waals surface area contributed by atoms with Crippen molar-refractivity contribution in [2.75, 3.05) is 18.5 Å². The molecule has 10 heteroatoms. The van der Waals surface area contributed by atoms with Crippen molar-refractivity contribution < 1.29 is 28.2 Å². The van der Waals surface area contributed by atoms with Gasteiger partial charge in [-0.25, -0.2) is 4.79 Å². The van der Waals surface area contributed by atoms with E-state index < -0.39 is 42.4 Å². The highest BCUT2D eigenvalue weighted by Gasteiger charge is 2.39. The minimum atomic E-state index is -3.78. The Balaban J connectivity index is 1.57. The average molecular weight is 715 g/mol. The van der Waals surface area contributed by atoms with Gasteiger partial charge in [-0.1, -0.05) is 148 Å². The number of amides is 1. The molecule has 0 saturated carbocycles. The number of hydrogen-bond donors (Lipinski definition) is 2. The summed E-state index contributed by atoms with van der Waals surface area (Å²) in [6, 6.07) is 35.1. The Kier molecular flexibility index (Phi) is 14.2. The molecule has 4 aromatic carbocycles. The van der Waals surface area contributed by atoms with Crippen molar-refractivity contribution in [3.05, 3.63) is 132 Å². The zero-order chi connectivity index (χ0) is 36.1. The monoisotopic (exact) mass is 714 g/mol. The van der Waals surface area contributed by atoms with Gasteiger partial charge < -0.3 is 20.3 Å². The molecule has 4 aromatic rings. The molecular weight excluding hydrogens is 667 g/mol. The Labute approximate surface area is 300 Å². The van der Waals surface area contributed by atoms with Crippen molar-refractivity contribution in [1.82, 2.24) is 5.32 Å². The molecule has 3 N–H and O–H groups in total. The molecule has 0 aliphatic carbocycles. The van der Waals surface area contributed by atoms with Gasteiger partial charge in [0.25, 0.3) is 0 Å². The molecule has 0 spiro atoms. The molecule has 1 amide bonds. The summed E-state index contributed by atoms with van der Waals surface area (Å²) in [5.74, 6) is -2.66. The second kappa shape index (κ2) is 18.3. The zero-order valence-electron chi connectivity index (χ0n) is 29.1. The summed E-state index contributed by atoms with van der Waals surface area (Å²) in [6.07, 6.45) is 0.0395. The third-order valence-corrected chi connectivity index (χ3v) is 12.1. The molecule has 0 radical (unpaired) electrons. The largest absolute Gasteiger partial charge is 0.459 e. The fourth-order valence-electron chi connectivity index (χ4n) is 5.21. The van der Waals surface area contributed by atoms with Gasteiger partial charge in [0.2, 0.25) is 13.3 Å². The zero-order valence-corrected chi connectivity index (χ0v) is 30.8. The van der Waals surface area contributed by atoms with E-state index in [1.54, 1.807) is 31.2 Å². The van der Waals surface area contributed by atoms with Gasteiger partial charge in [-0.2, -0.15) is 0 Å². The van der Waals surface area contributed by atoms with Crippen molar-refractivity contribution in [1.29, 1.82) is 0 Å². The van der Waals surface area contributed by atoms with Gasteiger partial charge in [-0.3, -0.25) is 14.2 Å². The van der Waals surface area contributed by atoms with Gasteiger partial charge in [-0.15, -0.1) is 0 Å². The van der Waals surface area contributed by atoms with Crippen molar-refractivity contribution in [3.63, 3.8) is 0 Å². The van der Waals surface area contributed by atoms with Crippen LogP contribution in [0.2, 0.25) is 0 Å². The number of hydrogen-bond acceptors (Lipinski definition) is 8. The fraction of sp³-hybridized carbons (Fsp3) is 0.325.